The van der Waals surface area contributed by atoms with Crippen molar-refractivity contribution in [3.63, 3.8) is 0 Å². The fraction of sp³-hybridized carbons (Fsp3) is 0.657. The van der Waals surface area contributed by atoms with Crippen molar-refractivity contribution in [2.75, 3.05) is 45.9 Å². The number of ether oxygens (including phenoxy) is 3. The third kappa shape index (κ3) is 6.17. The SMILES string of the molecule is Cc1ccc2c(c1)OC1(CCN(C(=O)OCC3CC3)CC1)c1cn(CC(=O)N3CCC4(CCN(C(=O)OC(C)(C)C)CC4)C3)nc1-2. The summed E-state index contributed by atoms with van der Waals surface area (Å²) in [6, 6.07) is 6.16. The predicted octanol–water partition coefficient (Wildman–Crippen LogP) is 5.34. The van der Waals surface area contributed by atoms with Crippen LogP contribution in [0, 0.1) is 18.3 Å². The van der Waals surface area contributed by atoms with Crippen LogP contribution in [0.5, 0.6) is 5.75 Å². The van der Waals surface area contributed by atoms with Gasteiger partial charge in [0.15, 0.2) is 0 Å². The summed E-state index contributed by atoms with van der Waals surface area (Å²) in [5.41, 5.74) is 2.78. The highest BCUT2D eigenvalue weighted by Gasteiger charge is 2.47. The van der Waals surface area contributed by atoms with E-state index in [1.165, 1.54) is 0 Å². The van der Waals surface area contributed by atoms with Crippen LogP contribution in [0.3, 0.4) is 0 Å². The van der Waals surface area contributed by atoms with E-state index in [0.29, 0.717) is 64.6 Å². The molecule has 3 saturated heterocycles. The Hall–Kier alpha value is -3.76. The van der Waals surface area contributed by atoms with Crippen molar-refractivity contribution in [1.29, 1.82) is 0 Å². The van der Waals surface area contributed by atoms with Gasteiger partial charge in [-0.1, -0.05) is 6.07 Å². The van der Waals surface area contributed by atoms with Gasteiger partial charge in [-0.15, -0.1) is 0 Å². The summed E-state index contributed by atoms with van der Waals surface area (Å²) in [5.74, 6) is 1.38. The van der Waals surface area contributed by atoms with Gasteiger partial charge in [0, 0.05) is 69.4 Å². The minimum atomic E-state index is -0.621. The Kier molecular flexibility index (Phi) is 7.71. The van der Waals surface area contributed by atoms with Gasteiger partial charge in [-0.3, -0.25) is 9.48 Å². The van der Waals surface area contributed by atoms with E-state index >= 15 is 0 Å². The van der Waals surface area contributed by atoms with Crippen molar-refractivity contribution >= 4 is 18.1 Å². The molecule has 7 rings (SSSR count). The van der Waals surface area contributed by atoms with Crippen molar-refractivity contribution in [2.24, 2.45) is 11.3 Å². The van der Waals surface area contributed by atoms with Crippen LogP contribution in [-0.4, -0.2) is 94.1 Å². The molecular formula is C35H47N5O6. The smallest absolute Gasteiger partial charge is 0.410 e. The molecule has 248 valence electrons. The van der Waals surface area contributed by atoms with Crippen LogP contribution in [0.25, 0.3) is 11.3 Å². The number of hydrogen-bond acceptors (Lipinski definition) is 7. The highest BCUT2D eigenvalue weighted by molar-refractivity contribution is 5.78. The number of nitrogens with zero attached hydrogens (tertiary/aromatic N) is 5. The molecule has 1 aromatic carbocycles. The molecule has 11 nitrogen and oxygen atoms in total. The summed E-state index contributed by atoms with van der Waals surface area (Å²) in [7, 11) is 0. The molecule has 1 aromatic heterocycles. The van der Waals surface area contributed by atoms with Crippen LogP contribution < -0.4 is 4.74 Å². The molecule has 4 fully saturated rings. The molecule has 1 aliphatic carbocycles. The van der Waals surface area contributed by atoms with Crippen molar-refractivity contribution in [2.45, 2.75) is 90.4 Å². The number of fused-ring (bicyclic) bond motifs is 4. The van der Waals surface area contributed by atoms with E-state index < -0.39 is 11.2 Å². The molecule has 1 saturated carbocycles. The Morgan fingerprint density at radius 3 is 2.26 bits per heavy atom. The standard InChI is InChI=1S/C35H47N5O6/c1-24-5-8-26-28(19-24)45-35(12-17-37(18-13-35)31(42)44-22-25-6-7-25)27-20-40(36-30(26)27)21-29(41)39-16-11-34(23-39)9-14-38(15-10-34)32(43)46-33(2,3)4/h5,8,19-20,25H,6-7,9-18,21-23H2,1-4H3. The molecule has 2 spiro atoms. The lowest BCUT2D eigenvalue weighted by Gasteiger charge is -2.43. The largest absolute Gasteiger partial charge is 0.482 e. The lowest BCUT2D eigenvalue weighted by Crippen LogP contribution is -2.49. The van der Waals surface area contributed by atoms with Crippen LogP contribution >= 0.6 is 0 Å². The molecule has 0 atom stereocenters. The second kappa shape index (κ2) is 11.5. The van der Waals surface area contributed by atoms with E-state index in [-0.39, 0.29) is 30.1 Å². The second-order valence-corrected chi connectivity index (χ2v) is 15.2. The molecule has 46 heavy (non-hydrogen) atoms. The molecule has 2 aromatic rings. The number of amides is 3. The molecule has 0 N–H and O–H groups in total. The average molecular weight is 634 g/mol. The third-order valence-electron chi connectivity index (χ3n) is 10.5. The van der Waals surface area contributed by atoms with Gasteiger partial charge < -0.3 is 28.9 Å². The minimum absolute atomic E-state index is 0.0417. The van der Waals surface area contributed by atoms with Gasteiger partial charge in [0.2, 0.25) is 5.91 Å². The molecule has 0 unspecified atom stereocenters. The molecule has 0 bridgehead atoms. The number of aryl methyl sites for hydroxylation is 1. The summed E-state index contributed by atoms with van der Waals surface area (Å²) in [4.78, 5) is 44.5. The van der Waals surface area contributed by atoms with Gasteiger partial charge in [-0.25, -0.2) is 9.59 Å². The fourth-order valence-corrected chi connectivity index (χ4v) is 7.48. The minimum Gasteiger partial charge on any atom is -0.482 e. The third-order valence-corrected chi connectivity index (χ3v) is 10.5. The number of hydrogen-bond donors (Lipinski definition) is 0. The number of carbonyl (C=O) groups excluding carboxylic acids is 3. The van der Waals surface area contributed by atoms with E-state index in [4.69, 9.17) is 19.3 Å². The van der Waals surface area contributed by atoms with E-state index in [0.717, 1.165) is 60.2 Å². The van der Waals surface area contributed by atoms with Gasteiger partial charge in [0.1, 0.15) is 29.2 Å². The van der Waals surface area contributed by atoms with Crippen molar-refractivity contribution < 1.29 is 28.6 Å². The summed E-state index contributed by atoms with van der Waals surface area (Å²) in [6.07, 6.45) is 7.71. The summed E-state index contributed by atoms with van der Waals surface area (Å²) in [5, 5.41) is 4.98. The normalized spacial score (nSPS) is 21.5. The first-order chi connectivity index (χ1) is 21.9. The summed E-state index contributed by atoms with van der Waals surface area (Å²) >= 11 is 0. The zero-order chi connectivity index (χ0) is 32.3. The van der Waals surface area contributed by atoms with Crippen molar-refractivity contribution in [1.82, 2.24) is 24.5 Å². The topological polar surface area (TPSA) is 106 Å². The van der Waals surface area contributed by atoms with Crippen LogP contribution in [0.2, 0.25) is 0 Å². The fourth-order valence-electron chi connectivity index (χ4n) is 7.48. The summed E-state index contributed by atoms with van der Waals surface area (Å²) < 4.78 is 19.7. The molecule has 5 aliphatic rings. The number of aromatic nitrogens is 2. The number of rotatable bonds is 4. The van der Waals surface area contributed by atoms with Gasteiger partial charge in [-0.2, -0.15) is 5.10 Å². The van der Waals surface area contributed by atoms with Crippen LogP contribution in [0.4, 0.5) is 9.59 Å². The number of carbonyl (C=O) groups is 3. The maximum Gasteiger partial charge on any atom is 0.410 e. The van der Waals surface area contributed by atoms with Gasteiger partial charge in [-0.05, 0) is 88.8 Å². The van der Waals surface area contributed by atoms with E-state index in [2.05, 4.69) is 12.1 Å². The first-order valence-electron chi connectivity index (χ1n) is 17.0. The Morgan fingerprint density at radius 1 is 0.935 bits per heavy atom. The lowest BCUT2D eigenvalue weighted by atomic mass is 9.78. The van der Waals surface area contributed by atoms with Crippen LogP contribution in [0.1, 0.15) is 76.8 Å². The number of benzene rings is 1. The van der Waals surface area contributed by atoms with Crippen molar-refractivity contribution in [3.05, 3.63) is 35.5 Å². The lowest BCUT2D eigenvalue weighted by molar-refractivity contribution is -0.131. The van der Waals surface area contributed by atoms with E-state index in [1.54, 1.807) is 14.5 Å². The molecule has 5 heterocycles. The Morgan fingerprint density at radius 2 is 1.59 bits per heavy atom. The molecule has 0 radical (unpaired) electrons. The molecule has 3 amide bonds. The Bertz CT molecular complexity index is 1510. The molecule has 11 heteroatoms. The zero-order valence-corrected chi connectivity index (χ0v) is 27.7. The number of likely N-dealkylation sites (tertiary alicyclic amines) is 3. The van der Waals surface area contributed by atoms with Gasteiger partial charge in [0.25, 0.3) is 0 Å². The molecule has 4 aliphatic heterocycles. The van der Waals surface area contributed by atoms with Crippen LogP contribution in [0.15, 0.2) is 24.4 Å². The first-order valence-corrected chi connectivity index (χ1v) is 17.0. The van der Waals surface area contributed by atoms with Crippen LogP contribution in [-0.2, 0) is 26.4 Å². The highest BCUT2D eigenvalue weighted by Crippen LogP contribution is 2.49. The second-order valence-electron chi connectivity index (χ2n) is 15.2. The molecular weight excluding hydrogens is 586 g/mol. The number of piperidine rings is 2. The predicted molar refractivity (Wildman–Crippen MR) is 170 cm³/mol. The van der Waals surface area contributed by atoms with Gasteiger partial charge in [0.05, 0.1) is 6.61 Å². The maximum absolute atomic E-state index is 13.7. The first kappa shape index (κ1) is 30.9. The van der Waals surface area contributed by atoms with E-state index in [9.17, 15) is 14.4 Å². The van der Waals surface area contributed by atoms with Gasteiger partial charge >= 0.3 is 12.2 Å². The summed E-state index contributed by atoms with van der Waals surface area (Å²) in [6.45, 7) is 12.2. The monoisotopic (exact) mass is 633 g/mol. The quantitative estimate of drug-likeness (QED) is 0.448. The zero-order valence-electron chi connectivity index (χ0n) is 27.7. The van der Waals surface area contributed by atoms with Crippen molar-refractivity contribution in [3.8, 4) is 17.0 Å². The van der Waals surface area contributed by atoms with E-state index in [1.807, 2.05) is 44.9 Å². The Labute approximate surface area is 271 Å². The Balaban J connectivity index is 1.02. The highest BCUT2D eigenvalue weighted by atomic mass is 16.6. The maximum atomic E-state index is 13.7. The average Bonchev–Trinajstić information content (AvgIpc) is 3.60.